The maximum Gasteiger partial charge on any atom is 0.123 e. The van der Waals surface area contributed by atoms with Gasteiger partial charge in [0.2, 0.25) is 0 Å². The first-order valence-electron chi connectivity index (χ1n) is 8.88. The number of thiol groups is 1. The van der Waals surface area contributed by atoms with Crippen LogP contribution in [0.2, 0.25) is 0 Å². The van der Waals surface area contributed by atoms with Crippen molar-refractivity contribution in [1.82, 2.24) is 10.0 Å². The van der Waals surface area contributed by atoms with Gasteiger partial charge in [-0.3, -0.25) is 4.72 Å². The van der Waals surface area contributed by atoms with Crippen LogP contribution in [0, 0.1) is 11.2 Å². The Bertz CT molecular complexity index is 765. The average Bonchev–Trinajstić information content (AvgIpc) is 2.69. The molecule has 0 bridgehead atoms. The highest BCUT2D eigenvalue weighted by molar-refractivity contribution is 7.78. The van der Waals surface area contributed by atoms with Crippen LogP contribution in [0.1, 0.15) is 19.3 Å². The third-order valence-corrected chi connectivity index (χ3v) is 4.95. The largest absolute Gasteiger partial charge is 0.404 e. The Hall–Kier alpha value is -2.31. The molecule has 4 nitrogen and oxygen atoms in total. The Balaban J connectivity index is 2.49. The second kappa shape index (κ2) is 10.1. The van der Waals surface area contributed by atoms with Gasteiger partial charge < -0.3 is 11.1 Å². The van der Waals surface area contributed by atoms with E-state index < -0.39 is 0 Å². The lowest BCUT2D eigenvalue weighted by Gasteiger charge is -2.37. The van der Waals surface area contributed by atoms with Crippen molar-refractivity contribution in [2.75, 3.05) is 13.6 Å². The molecule has 0 heterocycles. The molecule has 1 unspecified atom stereocenters. The van der Waals surface area contributed by atoms with Gasteiger partial charge in [0.1, 0.15) is 5.82 Å². The van der Waals surface area contributed by atoms with Crippen LogP contribution in [0.15, 0.2) is 77.6 Å². The summed E-state index contributed by atoms with van der Waals surface area (Å²) in [4.78, 5) is 4.69. The van der Waals surface area contributed by atoms with Crippen LogP contribution in [0.4, 0.5) is 10.1 Å². The highest BCUT2D eigenvalue weighted by Gasteiger charge is 2.35. The van der Waals surface area contributed by atoms with Crippen molar-refractivity contribution in [3.63, 3.8) is 0 Å². The SMILES string of the molecule is C=CC1(C/C=C/NC)CC(=CN)C(=Nc2ccc(F)cc2)C=C1CCNS. The van der Waals surface area contributed by atoms with E-state index in [-0.39, 0.29) is 11.2 Å². The van der Waals surface area contributed by atoms with Crippen molar-refractivity contribution in [2.24, 2.45) is 16.1 Å². The fourth-order valence-electron chi connectivity index (χ4n) is 3.24. The molecule has 2 rings (SSSR count). The van der Waals surface area contributed by atoms with E-state index in [1.54, 1.807) is 18.3 Å². The Morgan fingerprint density at radius 2 is 2.11 bits per heavy atom. The number of nitrogens with zero attached hydrogens (tertiary/aromatic N) is 1. The van der Waals surface area contributed by atoms with E-state index in [9.17, 15) is 4.39 Å². The Morgan fingerprint density at radius 3 is 2.70 bits per heavy atom. The Labute approximate surface area is 166 Å². The molecule has 0 fully saturated rings. The molecule has 1 aromatic rings. The first kappa shape index (κ1) is 21.0. The Morgan fingerprint density at radius 1 is 1.37 bits per heavy atom. The van der Waals surface area contributed by atoms with Crippen molar-refractivity contribution < 1.29 is 4.39 Å². The third-order valence-electron chi connectivity index (χ3n) is 4.73. The first-order chi connectivity index (χ1) is 13.1. The van der Waals surface area contributed by atoms with E-state index in [1.165, 1.54) is 17.7 Å². The number of hydrogen-bond donors (Lipinski definition) is 4. The van der Waals surface area contributed by atoms with Gasteiger partial charge in [-0.05, 0) is 67.6 Å². The van der Waals surface area contributed by atoms with Crippen LogP contribution in [0.3, 0.4) is 0 Å². The highest BCUT2D eigenvalue weighted by atomic mass is 32.1. The molecule has 0 aromatic heterocycles. The number of rotatable bonds is 8. The quantitative estimate of drug-likeness (QED) is 0.400. The minimum Gasteiger partial charge on any atom is -0.404 e. The van der Waals surface area contributed by atoms with E-state index in [4.69, 9.17) is 5.73 Å². The fraction of sp³-hybridized carbons (Fsp3) is 0.286. The smallest absolute Gasteiger partial charge is 0.123 e. The molecule has 27 heavy (non-hydrogen) atoms. The molecule has 0 radical (unpaired) electrons. The van der Waals surface area contributed by atoms with Crippen LogP contribution in [0.25, 0.3) is 0 Å². The number of benzene rings is 1. The minimum atomic E-state index is -0.282. The van der Waals surface area contributed by atoms with Gasteiger partial charge in [-0.25, -0.2) is 9.38 Å². The summed E-state index contributed by atoms with van der Waals surface area (Å²) in [5.74, 6) is -0.282. The topological polar surface area (TPSA) is 62.4 Å². The van der Waals surface area contributed by atoms with Crippen molar-refractivity contribution in [1.29, 1.82) is 0 Å². The zero-order chi connectivity index (χ0) is 19.7. The highest BCUT2D eigenvalue weighted by Crippen LogP contribution is 2.45. The third kappa shape index (κ3) is 5.34. The zero-order valence-corrected chi connectivity index (χ0v) is 16.5. The first-order valence-corrected chi connectivity index (χ1v) is 9.32. The Kier molecular flexibility index (Phi) is 7.88. The van der Waals surface area contributed by atoms with Gasteiger partial charge in [-0.1, -0.05) is 30.5 Å². The molecule has 1 aliphatic carbocycles. The molecule has 0 aliphatic heterocycles. The van der Waals surface area contributed by atoms with Crippen LogP contribution < -0.4 is 15.8 Å². The summed E-state index contributed by atoms with van der Waals surface area (Å²) in [7, 11) is 1.87. The van der Waals surface area contributed by atoms with Crippen LogP contribution in [0.5, 0.6) is 0 Å². The summed E-state index contributed by atoms with van der Waals surface area (Å²) in [5.41, 5.74) is 9.34. The van der Waals surface area contributed by atoms with Crippen molar-refractivity contribution in [3.05, 3.63) is 78.4 Å². The molecule has 6 heteroatoms. The predicted octanol–water partition coefficient (Wildman–Crippen LogP) is 4.19. The summed E-state index contributed by atoms with van der Waals surface area (Å²) in [5, 5.41) is 3.03. The normalized spacial score (nSPS) is 23.0. The minimum absolute atomic E-state index is 0.231. The molecule has 0 amide bonds. The van der Waals surface area contributed by atoms with Crippen LogP contribution in [-0.4, -0.2) is 19.3 Å². The molecule has 1 atom stereocenters. The molecule has 0 spiro atoms. The molecule has 0 saturated carbocycles. The van der Waals surface area contributed by atoms with Gasteiger partial charge in [0.15, 0.2) is 0 Å². The molecule has 1 aromatic carbocycles. The summed E-state index contributed by atoms with van der Waals surface area (Å²) in [6.45, 7) is 4.82. The van der Waals surface area contributed by atoms with E-state index in [2.05, 4.69) is 46.6 Å². The van der Waals surface area contributed by atoms with Gasteiger partial charge in [0, 0.05) is 19.0 Å². The lowest BCUT2D eigenvalue weighted by atomic mass is 9.67. The number of halogens is 1. The maximum atomic E-state index is 13.2. The van der Waals surface area contributed by atoms with Gasteiger partial charge >= 0.3 is 0 Å². The number of allylic oxidation sites excluding steroid dienone is 4. The van der Waals surface area contributed by atoms with Crippen molar-refractivity contribution >= 4 is 24.2 Å². The van der Waals surface area contributed by atoms with Crippen molar-refractivity contribution in [3.8, 4) is 0 Å². The lowest BCUT2D eigenvalue weighted by molar-refractivity contribution is 0.444. The van der Waals surface area contributed by atoms with Crippen molar-refractivity contribution in [2.45, 2.75) is 19.3 Å². The number of nitrogens with one attached hydrogen (secondary N) is 2. The van der Waals surface area contributed by atoms with Gasteiger partial charge in [0.05, 0.1) is 11.4 Å². The van der Waals surface area contributed by atoms with E-state index in [0.717, 1.165) is 30.7 Å². The predicted molar refractivity (Wildman–Crippen MR) is 116 cm³/mol. The van der Waals surface area contributed by atoms with Gasteiger partial charge in [0.25, 0.3) is 0 Å². The maximum absolute atomic E-state index is 13.2. The molecule has 4 N–H and O–H groups in total. The average molecular weight is 387 g/mol. The standard InChI is InChI=1S/C21H27FN4S/c1-3-21(10-4-11-24-2)14-16(15-23)20(13-17(21)9-12-25-27)26-19-7-5-18(22)6-8-19/h3-8,11,13,15,24-25,27H,1,9-10,12,14,23H2,2H3/b11-4+,16-15?,26-20?. The lowest BCUT2D eigenvalue weighted by Crippen LogP contribution is -2.29. The molecule has 0 saturated heterocycles. The molecule has 144 valence electrons. The van der Waals surface area contributed by atoms with E-state index >= 15 is 0 Å². The second-order valence-corrected chi connectivity index (χ2v) is 6.74. The van der Waals surface area contributed by atoms with Gasteiger partial charge in [-0.15, -0.1) is 6.58 Å². The summed E-state index contributed by atoms with van der Waals surface area (Å²) >= 11 is 4.12. The van der Waals surface area contributed by atoms with Crippen LogP contribution in [-0.2, 0) is 0 Å². The van der Waals surface area contributed by atoms with E-state index in [0.29, 0.717) is 12.1 Å². The monoisotopic (exact) mass is 386 g/mol. The summed E-state index contributed by atoms with van der Waals surface area (Å²) in [6.07, 6.45) is 12.0. The number of nitrogens with two attached hydrogens (primary N) is 1. The number of hydrogen-bond acceptors (Lipinski definition) is 5. The van der Waals surface area contributed by atoms with E-state index in [1.807, 2.05) is 19.3 Å². The molecule has 1 aliphatic rings. The fourth-order valence-corrected chi connectivity index (χ4v) is 3.35. The molecular formula is C21H27FN4S. The second-order valence-electron chi connectivity index (χ2n) is 6.43. The van der Waals surface area contributed by atoms with Crippen LogP contribution >= 0.6 is 12.8 Å². The van der Waals surface area contributed by atoms with Gasteiger partial charge in [-0.2, -0.15) is 0 Å². The summed E-state index contributed by atoms with van der Waals surface area (Å²) < 4.78 is 16.1. The summed E-state index contributed by atoms with van der Waals surface area (Å²) in [6, 6.07) is 6.12. The molecular weight excluding hydrogens is 359 g/mol. The number of aliphatic imine (C=N–C) groups is 1. The zero-order valence-electron chi connectivity index (χ0n) is 15.6.